The Morgan fingerprint density at radius 3 is 2.62 bits per heavy atom. The number of guanidine groups is 1. The van der Waals surface area contributed by atoms with Crippen molar-refractivity contribution in [2.24, 2.45) is 4.99 Å². The summed E-state index contributed by atoms with van der Waals surface area (Å²) in [5.41, 5.74) is 2.59. The summed E-state index contributed by atoms with van der Waals surface area (Å²) in [6.07, 6.45) is 0. The number of benzene rings is 1. The minimum atomic E-state index is 0.412. The molecule has 1 aromatic heterocycles. The lowest BCUT2D eigenvalue weighted by atomic mass is 10.2. The van der Waals surface area contributed by atoms with Crippen molar-refractivity contribution in [1.29, 1.82) is 0 Å². The van der Waals surface area contributed by atoms with Crippen molar-refractivity contribution in [3.8, 4) is 0 Å². The molecule has 2 N–H and O–H groups in total. The zero-order valence-electron chi connectivity index (χ0n) is 14.8. The van der Waals surface area contributed by atoms with E-state index in [2.05, 4.69) is 88.6 Å². The van der Waals surface area contributed by atoms with Crippen LogP contribution >= 0.6 is 11.3 Å². The van der Waals surface area contributed by atoms with Gasteiger partial charge >= 0.3 is 0 Å². The molecule has 5 heteroatoms. The zero-order valence-corrected chi connectivity index (χ0v) is 15.6. The molecule has 0 bridgehead atoms. The summed E-state index contributed by atoms with van der Waals surface area (Å²) in [7, 11) is 2.16. The predicted octanol–water partition coefficient (Wildman–Crippen LogP) is 3.32. The molecule has 1 atom stereocenters. The Labute approximate surface area is 149 Å². The predicted molar refractivity (Wildman–Crippen MR) is 105 cm³/mol. The van der Waals surface area contributed by atoms with Gasteiger partial charge in [-0.2, -0.15) is 11.3 Å². The Morgan fingerprint density at radius 1 is 1.17 bits per heavy atom. The summed E-state index contributed by atoms with van der Waals surface area (Å²) in [6.45, 7) is 7.72. The first kappa shape index (κ1) is 18.5. The van der Waals surface area contributed by atoms with Crippen LogP contribution in [0.15, 0.2) is 52.2 Å². The number of hydrogen-bond acceptors (Lipinski definition) is 3. The van der Waals surface area contributed by atoms with Crippen molar-refractivity contribution in [2.75, 3.05) is 20.1 Å². The standard InChI is InChI=1S/C19H28N4S/c1-4-20-19(22-13-18-10-11-24-15-18)21-12-16(2)23(3)14-17-8-6-5-7-9-17/h5-11,15-16H,4,12-14H2,1-3H3,(H2,20,21,22). The van der Waals surface area contributed by atoms with Gasteiger partial charge in [0.25, 0.3) is 0 Å². The summed E-state index contributed by atoms with van der Waals surface area (Å²) < 4.78 is 0. The highest BCUT2D eigenvalue weighted by atomic mass is 32.1. The van der Waals surface area contributed by atoms with Crippen molar-refractivity contribution in [3.05, 3.63) is 58.3 Å². The fraction of sp³-hybridized carbons (Fsp3) is 0.421. The lowest BCUT2D eigenvalue weighted by Gasteiger charge is -2.25. The Morgan fingerprint density at radius 2 is 1.96 bits per heavy atom. The van der Waals surface area contributed by atoms with Crippen LogP contribution in [0.4, 0.5) is 0 Å². The molecule has 0 amide bonds. The summed E-state index contributed by atoms with van der Waals surface area (Å²) in [5.74, 6) is 0.878. The lowest BCUT2D eigenvalue weighted by molar-refractivity contribution is 0.249. The molecule has 1 unspecified atom stereocenters. The van der Waals surface area contributed by atoms with Crippen molar-refractivity contribution >= 4 is 17.3 Å². The van der Waals surface area contributed by atoms with Gasteiger partial charge in [0.05, 0.1) is 6.54 Å². The highest BCUT2D eigenvalue weighted by Crippen LogP contribution is 2.07. The molecule has 2 rings (SSSR count). The molecule has 0 saturated heterocycles. The molecule has 4 nitrogen and oxygen atoms in total. The van der Waals surface area contributed by atoms with E-state index in [-0.39, 0.29) is 0 Å². The minimum absolute atomic E-state index is 0.412. The molecule has 0 aliphatic heterocycles. The van der Waals surface area contributed by atoms with E-state index in [4.69, 9.17) is 0 Å². The molecule has 0 radical (unpaired) electrons. The van der Waals surface area contributed by atoms with E-state index < -0.39 is 0 Å². The van der Waals surface area contributed by atoms with Crippen LogP contribution in [0, 0.1) is 0 Å². The van der Waals surface area contributed by atoms with E-state index in [0.717, 1.165) is 25.6 Å². The number of aliphatic imine (C=N–C) groups is 1. The van der Waals surface area contributed by atoms with Gasteiger partial charge in [0, 0.05) is 25.7 Å². The second-order valence-corrected chi connectivity index (χ2v) is 6.74. The fourth-order valence-electron chi connectivity index (χ4n) is 2.32. The van der Waals surface area contributed by atoms with Crippen molar-refractivity contribution in [1.82, 2.24) is 15.5 Å². The Kier molecular flexibility index (Phi) is 7.79. The van der Waals surface area contributed by atoms with Gasteiger partial charge in [0.15, 0.2) is 5.96 Å². The van der Waals surface area contributed by atoms with E-state index >= 15 is 0 Å². The average molecular weight is 345 g/mol. The number of rotatable bonds is 8. The third-order valence-electron chi connectivity index (χ3n) is 3.94. The van der Waals surface area contributed by atoms with Crippen LogP contribution in [0.5, 0.6) is 0 Å². The van der Waals surface area contributed by atoms with Gasteiger partial charge in [0.1, 0.15) is 0 Å². The van der Waals surface area contributed by atoms with Crippen molar-refractivity contribution < 1.29 is 0 Å². The average Bonchev–Trinajstić information content (AvgIpc) is 3.11. The van der Waals surface area contributed by atoms with E-state index in [9.17, 15) is 0 Å². The second-order valence-electron chi connectivity index (χ2n) is 5.96. The Bertz CT molecular complexity index is 595. The van der Waals surface area contributed by atoms with Gasteiger partial charge in [-0.3, -0.25) is 4.90 Å². The number of thiophene rings is 1. The highest BCUT2D eigenvalue weighted by Gasteiger charge is 2.10. The van der Waals surface area contributed by atoms with E-state index in [0.29, 0.717) is 12.6 Å². The Hall–Kier alpha value is -1.85. The summed E-state index contributed by atoms with van der Waals surface area (Å²) >= 11 is 1.71. The topological polar surface area (TPSA) is 39.7 Å². The number of likely N-dealkylation sites (N-methyl/N-ethyl adjacent to an activating group) is 1. The van der Waals surface area contributed by atoms with Crippen LogP contribution in [-0.4, -0.2) is 37.0 Å². The molecule has 0 fully saturated rings. The molecule has 130 valence electrons. The third-order valence-corrected chi connectivity index (χ3v) is 4.67. The maximum Gasteiger partial charge on any atom is 0.191 e. The van der Waals surface area contributed by atoms with Crippen LogP contribution in [-0.2, 0) is 13.1 Å². The van der Waals surface area contributed by atoms with E-state index in [1.54, 1.807) is 11.3 Å². The first-order valence-corrected chi connectivity index (χ1v) is 9.40. The molecule has 0 aliphatic carbocycles. The normalized spacial score (nSPS) is 13.1. The van der Waals surface area contributed by atoms with Gasteiger partial charge in [-0.25, -0.2) is 4.99 Å². The number of hydrogen-bond donors (Lipinski definition) is 2. The highest BCUT2D eigenvalue weighted by molar-refractivity contribution is 7.07. The van der Waals surface area contributed by atoms with Gasteiger partial charge in [-0.1, -0.05) is 30.3 Å². The molecule has 24 heavy (non-hydrogen) atoms. The number of nitrogens with zero attached hydrogens (tertiary/aromatic N) is 2. The van der Waals surface area contributed by atoms with Crippen LogP contribution in [0.3, 0.4) is 0 Å². The van der Waals surface area contributed by atoms with E-state index in [1.807, 2.05) is 0 Å². The van der Waals surface area contributed by atoms with Crippen LogP contribution < -0.4 is 10.6 Å². The van der Waals surface area contributed by atoms with Crippen molar-refractivity contribution in [2.45, 2.75) is 33.0 Å². The molecule has 1 aromatic carbocycles. The quantitative estimate of drug-likeness (QED) is 0.570. The van der Waals surface area contributed by atoms with E-state index in [1.165, 1.54) is 11.1 Å². The zero-order chi connectivity index (χ0) is 17.2. The minimum Gasteiger partial charge on any atom is -0.357 e. The summed E-state index contributed by atoms with van der Waals surface area (Å²) in [6, 6.07) is 13.1. The summed E-state index contributed by atoms with van der Waals surface area (Å²) in [5, 5.41) is 11.0. The Balaban J connectivity index is 1.82. The van der Waals surface area contributed by atoms with Gasteiger partial charge in [-0.15, -0.1) is 0 Å². The maximum atomic E-state index is 4.65. The second kappa shape index (κ2) is 10.1. The maximum absolute atomic E-state index is 4.65. The van der Waals surface area contributed by atoms with Crippen molar-refractivity contribution in [3.63, 3.8) is 0 Å². The number of nitrogens with one attached hydrogen (secondary N) is 2. The smallest absolute Gasteiger partial charge is 0.191 e. The molecule has 2 aromatic rings. The SMILES string of the molecule is CCNC(=NCc1ccsc1)NCC(C)N(C)Cc1ccccc1. The molecule has 0 saturated carbocycles. The molecule has 0 aliphatic rings. The monoisotopic (exact) mass is 344 g/mol. The molecular weight excluding hydrogens is 316 g/mol. The largest absolute Gasteiger partial charge is 0.357 e. The fourth-order valence-corrected chi connectivity index (χ4v) is 2.98. The van der Waals surface area contributed by atoms with Crippen LogP contribution in [0.1, 0.15) is 25.0 Å². The van der Waals surface area contributed by atoms with Gasteiger partial charge in [-0.05, 0) is 48.8 Å². The first-order chi connectivity index (χ1) is 11.7. The molecular formula is C19H28N4S. The van der Waals surface area contributed by atoms with Crippen LogP contribution in [0.25, 0.3) is 0 Å². The van der Waals surface area contributed by atoms with Gasteiger partial charge < -0.3 is 10.6 Å². The van der Waals surface area contributed by atoms with Crippen LogP contribution in [0.2, 0.25) is 0 Å². The summed E-state index contributed by atoms with van der Waals surface area (Å²) in [4.78, 5) is 7.01. The van der Waals surface area contributed by atoms with Gasteiger partial charge in [0.2, 0.25) is 0 Å². The first-order valence-electron chi connectivity index (χ1n) is 8.46. The molecule has 0 spiro atoms. The molecule has 1 heterocycles. The third kappa shape index (κ3) is 6.34. The lowest BCUT2D eigenvalue weighted by Crippen LogP contribution is -2.44.